The monoisotopic (exact) mass is 380 g/mol. The highest BCUT2D eigenvalue weighted by Gasteiger charge is 2.28. The van der Waals surface area contributed by atoms with Crippen LogP contribution >= 0.6 is 0 Å². The second kappa shape index (κ2) is 8.11. The lowest BCUT2D eigenvalue weighted by Gasteiger charge is -2.13. The zero-order chi connectivity index (χ0) is 20.2. The van der Waals surface area contributed by atoms with Crippen molar-refractivity contribution in [2.75, 3.05) is 19.0 Å². The summed E-state index contributed by atoms with van der Waals surface area (Å²) in [5.41, 5.74) is 2.16. The Morgan fingerprint density at radius 2 is 1.74 bits per heavy atom. The third-order valence-electron chi connectivity index (χ3n) is 3.80. The number of ether oxygens (including phenoxy) is 1. The molecule has 2 rings (SSSR count). The highest BCUT2D eigenvalue weighted by Crippen LogP contribution is 2.23. The van der Waals surface area contributed by atoms with Crippen molar-refractivity contribution < 1.29 is 27.5 Å². The van der Waals surface area contributed by atoms with Crippen LogP contribution < -0.4 is 15.4 Å². The molecule has 0 aliphatic heterocycles. The summed E-state index contributed by atoms with van der Waals surface area (Å²) in [7, 11) is 1.44. The molecule has 0 bridgehead atoms. The van der Waals surface area contributed by atoms with Crippen LogP contribution in [0.25, 0.3) is 0 Å². The first-order valence-corrected chi connectivity index (χ1v) is 8.02. The van der Waals surface area contributed by atoms with Crippen LogP contribution in [0.4, 0.5) is 18.9 Å². The topological polar surface area (TPSA) is 67.4 Å². The van der Waals surface area contributed by atoms with E-state index in [-0.39, 0.29) is 5.56 Å². The molecule has 0 aromatic heterocycles. The number of nitrogens with one attached hydrogen (secondary N) is 2. The van der Waals surface area contributed by atoms with E-state index in [0.717, 1.165) is 5.56 Å². The van der Waals surface area contributed by atoms with E-state index in [2.05, 4.69) is 5.32 Å². The smallest absolute Gasteiger partial charge is 0.405 e. The Labute approximate surface area is 154 Å². The van der Waals surface area contributed by atoms with Crippen molar-refractivity contribution >= 4 is 17.5 Å². The van der Waals surface area contributed by atoms with Gasteiger partial charge in [0.2, 0.25) is 0 Å². The number of amides is 2. The quantitative estimate of drug-likeness (QED) is 0.828. The molecule has 0 unspecified atom stereocenters. The Hall–Kier alpha value is -3.03. The second-order valence-electron chi connectivity index (χ2n) is 5.99. The summed E-state index contributed by atoms with van der Waals surface area (Å²) < 4.78 is 41.9. The maximum Gasteiger partial charge on any atom is 0.405 e. The van der Waals surface area contributed by atoms with E-state index in [1.807, 2.05) is 6.92 Å². The molecule has 0 radical (unpaired) electrons. The van der Waals surface area contributed by atoms with Crippen molar-refractivity contribution in [2.24, 2.45) is 0 Å². The minimum absolute atomic E-state index is 0.0105. The summed E-state index contributed by atoms with van der Waals surface area (Å²) in [5.74, 6) is -0.947. The Bertz CT molecular complexity index is 864. The molecule has 2 amide bonds. The van der Waals surface area contributed by atoms with Gasteiger partial charge < -0.3 is 15.4 Å². The van der Waals surface area contributed by atoms with E-state index in [4.69, 9.17) is 4.74 Å². The first kappa shape index (κ1) is 20.3. The molecule has 2 aromatic rings. The average molecular weight is 380 g/mol. The van der Waals surface area contributed by atoms with Gasteiger partial charge in [0.1, 0.15) is 12.3 Å². The van der Waals surface area contributed by atoms with E-state index in [0.29, 0.717) is 22.6 Å². The number of alkyl halides is 3. The van der Waals surface area contributed by atoms with E-state index < -0.39 is 24.5 Å². The summed E-state index contributed by atoms with van der Waals surface area (Å²) in [4.78, 5) is 24.5. The molecule has 0 saturated heterocycles. The molecule has 0 spiro atoms. The van der Waals surface area contributed by atoms with Gasteiger partial charge in [-0.2, -0.15) is 13.2 Å². The fourth-order valence-electron chi connectivity index (χ4n) is 2.37. The van der Waals surface area contributed by atoms with Gasteiger partial charge in [-0.3, -0.25) is 9.59 Å². The number of anilines is 1. The number of benzene rings is 2. The van der Waals surface area contributed by atoms with Crippen LogP contribution in [0.5, 0.6) is 5.75 Å². The van der Waals surface area contributed by atoms with Gasteiger partial charge in [-0.25, -0.2) is 0 Å². The van der Waals surface area contributed by atoms with Crippen LogP contribution in [0.2, 0.25) is 0 Å². The number of rotatable bonds is 5. The lowest BCUT2D eigenvalue weighted by atomic mass is 10.1. The Morgan fingerprint density at radius 3 is 2.37 bits per heavy atom. The lowest BCUT2D eigenvalue weighted by molar-refractivity contribution is -0.123. The highest BCUT2D eigenvalue weighted by atomic mass is 19.4. The number of aryl methyl sites for hydroxylation is 2. The van der Waals surface area contributed by atoms with Crippen molar-refractivity contribution in [1.82, 2.24) is 5.32 Å². The fraction of sp³-hybridized carbons (Fsp3) is 0.263. The third-order valence-corrected chi connectivity index (χ3v) is 3.80. The van der Waals surface area contributed by atoms with Crippen LogP contribution in [-0.2, 0) is 0 Å². The number of hydrogen-bond acceptors (Lipinski definition) is 3. The van der Waals surface area contributed by atoms with Crippen LogP contribution in [0.3, 0.4) is 0 Å². The number of hydrogen-bond donors (Lipinski definition) is 2. The number of methoxy groups -OCH3 is 1. The summed E-state index contributed by atoms with van der Waals surface area (Å²) in [6, 6.07) is 9.39. The van der Waals surface area contributed by atoms with Gasteiger partial charge in [-0.05, 0) is 43.7 Å². The first-order chi connectivity index (χ1) is 12.6. The summed E-state index contributed by atoms with van der Waals surface area (Å²) in [6.45, 7) is 2.11. The minimum Gasteiger partial charge on any atom is -0.496 e. The SMILES string of the molecule is COc1ccc(C)cc1C(=O)Nc1cc(C(=O)NCC(F)(F)F)ccc1C. The van der Waals surface area contributed by atoms with Crippen LogP contribution in [-0.4, -0.2) is 31.6 Å². The van der Waals surface area contributed by atoms with Crippen LogP contribution in [0.1, 0.15) is 31.8 Å². The van der Waals surface area contributed by atoms with Crippen LogP contribution in [0, 0.1) is 13.8 Å². The zero-order valence-electron chi connectivity index (χ0n) is 15.0. The fourth-order valence-corrected chi connectivity index (χ4v) is 2.37. The Morgan fingerprint density at radius 1 is 1.04 bits per heavy atom. The summed E-state index contributed by atoms with van der Waals surface area (Å²) in [6.07, 6.45) is -4.50. The molecular weight excluding hydrogens is 361 g/mol. The molecule has 5 nitrogen and oxygen atoms in total. The predicted octanol–water partition coefficient (Wildman–Crippen LogP) is 3.86. The second-order valence-corrected chi connectivity index (χ2v) is 5.99. The van der Waals surface area contributed by atoms with Gasteiger partial charge in [-0.1, -0.05) is 17.7 Å². The molecule has 0 saturated carbocycles. The molecular formula is C19H19F3N2O3. The van der Waals surface area contributed by atoms with E-state index in [1.54, 1.807) is 36.5 Å². The molecule has 0 atom stereocenters. The van der Waals surface area contributed by atoms with Crippen molar-refractivity contribution in [3.05, 3.63) is 58.7 Å². The van der Waals surface area contributed by atoms with Crippen molar-refractivity contribution in [3.8, 4) is 5.75 Å². The molecule has 0 aliphatic carbocycles. The van der Waals surface area contributed by atoms with E-state index in [1.165, 1.54) is 19.2 Å². The Balaban J connectivity index is 2.23. The third kappa shape index (κ3) is 5.47. The standard InChI is InChI=1S/C19H19F3N2O3/c1-11-4-7-16(27-3)14(8-11)18(26)24-15-9-13(6-5-12(15)2)17(25)23-10-19(20,21)22/h4-9H,10H2,1-3H3,(H,23,25)(H,24,26). The van der Waals surface area contributed by atoms with Gasteiger partial charge in [0.05, 0.1) is 12.7 Å². The largest absolute Gasteiger partial charge is 0.496 e. The number of halogens is 3. The Kier molecular flexibility index (Phi) is 6.09. The number of carbonyl (C=O) groups is 2. The maximum absolute atomic E-state index is 12.6. The molecule has 8 heteroatoms. The van der Waals surface area contributed by atoms with Gasteiger partial charge in [-0.15, -0.1) is 0 Å². The highest BCUT2D eigenvalue weighted by molar-refractivity contribution is 6.07. The molecule has 27 heavy (non-hydrogen) atoms. The van der Waals surface area contributed by atoms with Crippen molar-refractivity contribution in [2.45, 2.75) is 20.0 Å². The van der Waals surface area contributed by atoms with Crippen LogP contribution in [0.15, 0.2) is 36.4 Å². The lowest BCUT2D eigenvalue weighted by Crippen LogP contribution is -2.33. The minimum atomic E-state index is -4.50. The van der Waals surface area contributed by atoms with E-state index in [9.17, 15) is 22.8 Å². The maximum atomic E-state index is 12.6. The van der Waals surface area contributed by atoms with Gasteiger partial charge in [0, 0.05) is 11.3 Å². The summed E-state index contributed by atoms with van der Waals surface area (Å²) in [5, 5.41) is 4.47. The average Bonchev–Trinajstić information content (AvgIpc) is 2.60. The van der Waals surface area contributed by atoms with Crippen molar-refractivity contribution in [1.29, 1.82) is 0 Å². The van der Waals surface area contributed by atoms with Gasteiger partial charge in [0.25, 0.3) is 11.8 Å². The number of carbonyl (C=O) groups excluding carboxylic acids is 2. The zero-order valence-corrected chi connectivity index (χ0v) is 15.0. The predicted molar refractivity (Wildman–Crippen MR) is 95.3 cm³/mol. The molecule has 144 valence electrons. The molecule has 2 aromatic carbocycles. The first-order valence-electron chi connectivity index (χ1n) is 8.02. The van der Waals surface area contributed by atoms with Gasteiger partial charge in [0.15, 0.2) is 0 Å². The molecule has 0 fully saturated rings. The summed E-state index contributed by atoms with van der Waals surface area (Å²) >= 11 is 0. The van der Waals surface area contributed by atoms with E-state index >= 15 is 0 Å². The molecule has 2 N–H and O–H groups in total. The molecule has 0 heterocycles. The normalized spacial score (nSPS) is 11.0. The van der Waals surface area contributed by atoms with Gasteiger partial charge >= 0.3 is 6.18 Å². The van der Waals surface area contributed by atoms with Crippen molar-refractivity contribution in [3.63, 3.8) is 0 Å². The molecule has 0 aliphatic rings.